The zero-order valence-corrected chi connectivity index (χ0v) is 17.8. The molecular formula is C22H27BrN2O2. The van der Waals surface area contributed by atoms with Crippen LogP contribution in [0.1, 0.15) is 37.0 Å². The van der Waals surface area contributed by atoms with Crippen molar-refractivity contribution in [3.63, 3.8) is 0 Å². The van der Waals surface area contributed by atoms with E-state index < -0.39 is 6.04 Å². The highest BCUT2D eigenvalue weighted by molar-refractivity contribution is 9.10. The van der Waals surface area contributed by atoms with Crippen molar-refractivity contribution in [1.29, 1.82) is 0 Å². The van der Waals surface area contributed by atoms with Gasteiger partial charge in [-0.15, -0.1) is 0 Å². The lowest BCUT2D eigenvalue weighted by Gasteiger charge is -2.29. The van der Waals surface area contributed by atoms with Gasteiger partial charge in [0.2, 0.25) is 11.8 Å². The van der Waals surface area contributed by atoms with Gasteiger partial charge < -0.3 is 10.2 Å². The summed E-state index contributed by atoms with van der Waals surface area (Å²) in [5, 5.41) is 2.89. The number of aryl methyl sites for hydroxylation is 1. The minimum Gasteiger partial charge on any atom is -0.354 e. The van der Waals surface area contributed by atoms with Crippen molar-refractivity contribution in [3.05, 3.63) is 69.7 Å². The summed E-state index contributed by atoms with van der Waals surface area (Å²) in [6.07, 6.45) is 1.14. The monoisotopic (exact) mass is 430 g/mol. The molecule has 0 unspecified atom stereocenters. The summed E-state index contributed by atoms with van der Waals surface area (Å²) >= 11 is 3.43. The maximum atomic E-state index is 13.0. The minimum atomic E-state index is -0.529. The molecule has 1 atom stereocenters. The van der Waals surface area contributed by atoms with Gasteiger partial charge in [0, 0.05) is 17.6 Å². The Hall–Kier alpha value is -2.14. The molecule has 0 heterocycles. The van der Waals surface area contributed by atoms with Crippen LogP contribution < -0.4 is 5.32 Å². The fourth-order valence-electron chi connectivity index (χ4n) is 2.75. The highest BCUT2D eigenvalue weighted by Gasteiger charge is 2.25. The van der Waals surface area contributed by atoms with Crippen molar-refractivity contribution in [2.24, 2.45) is 0 Å². The Balaban J connectivity index is 2.18. The Morgan fingerprint density at radius 3 is 2.22 bits per heavy atom. The third kappa shape index (κ3) is 6.51. The smallest absolute Gasteiger partial charge is 0.242 e. The molecule has 0 saturated heterocycles. The van der Waals surface area contributed by atoms with Crippen LogP contribution in [-0.4, -0.2) is 29.3 Å². The predicted octanol–water partition coefficient (Wildman–Crippen LogP) is 4.24. The first-order valence-electron chi connectivity index (χ1n) is 9.28. The van der Waals surface area contributed by atoms with E-state index in [1.54, 1.807) is 11.8 Å². The molecule has 1 N–H and O–H groups in total. The Bertz CT molecular complexity index is 757. The molecule has 2 rings (SSSR count). The highest BCUT2D eigenvalue weighted by Crippen LogP contribution is 2.16. The Labute approximate surface area is 170 Å². The zero-order chi connectivity index (χ0) is 19.8. The maximum Gasteiger partial charge on any atom is 0.242 e. The third-order valence-corrected chi connectivity index (χ3v) is 4.99. The molecular weight excluding hydrogens is 404 g/mol. The average molecular weight is 431 g/mol. The largest absolute Gasteiger partial charge is 0.354 e. The first kappa shape index (κ1) is 21.2. The number of amides is 2. The van der Waals surface area contributed by atoms with Gasteiger partial charge in [-0.05, 0) is 43.5 Å². The van der Waals surface area contributed by atoms with E-state index in [9.17, 15) is 9.59 Å². The number of carbonyl (C=O) groups excluding carboxylic acids is 2. The summed E-state index contributed by atoms with van der Waals surface area (Å²) in [5.74, 6) is -0.174. The van der Waals surface area contributed by atoms with Gasteiger partial charge in [-0.2, -0.15) is 0 Å². The molecule has 0 aromatic heterocycles. The number of hydrogen-bond donors (Lipinski definition) is 1. The lowest BCUT2D eigenvalue weighted by molar-refractivity contribution is -0.140. The van der Waals surface area contributed by atoms with Crippen molar-refractivity contribution in [1.82, 2.24) is 10.2 Å². The van der Waals surface area contributed by atoms with E-state index in [1.165, 1.54) is 0 Å². The highest BCUT2D eigenvalue weighted by atomic mass is 79.9. The number of nitrogens with zero attached hydrogens (tertiary/aromatic N) is 1. The second-order valence-corrected chi connectivity index (χ2v) is 7.69. The summed E-state index contributed by atoms with van der Waals surface area (Å²) in [5.41, 5.74) is 3.10. The molecule has 0 aliphatic heterocycles. The van der Waals surface area contributed by atoms with E-state index in [-0.39, 0.29) is 18.2 Å². The lowest BCUT2D eigenvalue weighted by Crippen LogP contribution is -2.48. The number of nitrogens with one attached hydrogen (secondary N) is 1. The average Bonchev–Trinajstić information content (AvgIpc) is 2.66. The molecule has 2 amide bonds. The molecule has 4 nitrogen and oxygen atoms in total. The van der Waals surface area contributed by atoms with Crippen LogP contribution in [0.4, 0.5) is 0 Å². The van der Waals surface area contributed by atoms with Crippen LogP contribution in [0.3, 0.4) is 0 Å². The molecule has 0 aliphatic rings. The molecule has 2 aromatic carbocycles. The number of carbonyl (C=O) groups is 2. The first-order chi connectivity index (χ1) is 12.9. The van der Waals surface area contributed by atoms with Gasteiger partial charge >= 0.3 is 0 Å². The second-order valence-electron chi connectivity index (χ2n) is 6.78. The number of rotatable bonds is 8. The van der Waals surface area contributed by atoms with E-state index >= 15 is 0 Å². The van der Waals surface area contributed by atoms with Gasteiger partial charge in [-0.1, -0.05) is 64.8 Å². The van der Waals surface area contributed by atoms with Crippen LogP contribution in [0.15, 0.2) is 53.0 Å². The van der Waals surface area contributed by atoms with Crippen LogP contribution >= 0.6 is 15.9 Å². The third-order valence-electron chi connectivity index (χ3n) is 4.46. The molecule has 144 valence electrons. The molecule has 0 aliphatic carbocycles. The van der Waals surface area contributed by atoms with Gasteiger partial charge in [0.1, 0.15) is 6.04 Å². The number of hydrogen-bond acceptors (Lipinski definition) is 2. The van der Waals surface area contributed by atoms with E-state index in [1.807, 2.05) is 62.4 Å². The van der Waals surface area contributed by atoms with Gasteiger partial charge in [0.15, 0.2) is 0 Å². The van der Waals surface area contributed by atoms with Crippen LogP contribution in [0.25, 0.3) is 0 Å². The Kier molecular flexibility index (Phi) is 8.04. The fraction of sp³-hybridized carbons (Fsp3) is 0.364. The summed E-state index contributed by atoms with van der Waals surface area (Å²) in [7, 11) is 0. The van der Waals surface area contributed by atoms with Crippen molar-refractivity contribution >= 4 is 27.7 Å². The van der Waals surface area contributed by atoms with Crippen molar-refractivity contribution < 1.29 is 9.59 Å². The fourth-order valence-corrected chi connectivity index (χ4v) is 3.01. The van der Waals surface area contributed by atoms with Crippen LogP contribution in [0, 0.1) is 6.92 Å². The van der Waals surface area contributed by atoms with Crippen molar-refractivity contribution in [2.75, 3.05) is 6.54 Å². The number of benzene rings is 2. The maximum absolute atomic E-state index is 13.0. The minimum absolute atomic E-state index is 0.0547. The predicted molar refractivity (Wildman–Crippen MR) is 112 cm³/mol. The van der Waals surface area contributed by atoms with Gasteiger partial charge in [-0.25, -0.2) is 0 Å². The molecule has 0 saturated carbocycles. The summed E-state index contributed by atoms with van der Waals surface area (Å²) in [6.45, 7) is 6.83. The molecule has 5 heteroatoms. The molecule has 0 fully saturated rings. The van der Waals surface area contributed by atoms with Crippen LogP contribution in [0.2, 0.25) is 0 Å². The van der Waals surface area contributed by atoms with E-state index in [4.69, 9.17) is 0 Å². The molecule has 0 spiro atoms. The van der Waals surface area contributed by atoms with Gasteiger partial charge in [-0.3, -0.25) is 9.59 Å². The molecule has 0 radical (unpaired) electrons. The Morgan fingerprint density at radius 1 is 1.04 bits per heavy atom. The Morgan fingerprint density at radius 2 is 1.63 bits per heavy atom. The first-order valence-corrected chi connectivity index (χ1v) is 10.1. The number of halogens is 1. The second kappa shape index (κ2) is 10.3. The SMILES string of the molecule is CCCNC(=O)[C@@H](C)N(Cc1ccc(Br)cc1)C(=O)Cc1ccc(C)cc1. The lowest BCUT2D eigenvalue weighted by atomic mass is 10.1. The van der Waals surface area contributed by atoms with Crippen LogP contribution in [-0.2, 0) is 22.6 Å². The van der Waals surface area contributed by atoms with Crippen molar-refractivity contribution in [3.8, 4) is 0 Å². The van der Waals surface area contributed by atoms with E-state index in [2.05, 4.69) is 21.2 Å². The van der Waals surface area contributed by atoms with Crippen LogP contribution in [0.5, 0.6) is 0 Å². The molecule has 2 aromatic rings. The summed E-state index contributed by atoms with van der Waals surface area (Å²) in [4.78, 5) is 27.2. The van der Waals surface area contributed by atoms with Gasteiger partial charge in [0.25, 0.3) is 0 Å². The van der Waals surface area contributed by atoms with Crippen molar-refractivity contribution in [2.45, 2.75) is 46.2 Å². The van der Waals surface area contributed by atoms with E-state index in [0.29, 0.717) is 13.1 Å². The topological polar surface area (TPSA) is 49.4 Å². The van der Waals surface area contributed by atoms with Gasteiger partial charge in [0.05, 0.1) is 6.42 Å². The quantitative estimate of drug-likeness (QED) is 0.680. The zero-order valence-electron chi connectivity index (χ0n) is 16.2. The van der Waals surface area contributed by atoms with E-state index in [0.717, 1.165) is 27.6 Å². The summed E-state index contributed by atoms with van der Waals surface area (Å²) < 4.78 is 0.984. The molecule has 27 heavy (non-hydrogen) atoms. The molecule has 0 bridgehead atoms. The normalized spacial score (nSPS) is 11.7. The summed E-state index contributed by atoms with van der Waals surface area (Å²) in [6, 6.07) is 15.2. The standard InChI is InChI=1S/C22H27BrN2O2/c1-4-13-24-22(27)17(3)25(15-19-9-11-20(23)12-10-19)21(26)14-18-7-5-16(2)6-8-18/h5-12,17H,4,13-15H2,1-3H3,(H,24,27)/t17-/m1/s1.